The first-order chi connectivity index (χ1) is 13.6. The van der Waals surface area contributed by atoms with Gasteiger partial charge >= 0.3 is 0 Å². The van der Waals surface area contributed by atoms with Gasteiger partial charge in [0.1, 0.15) is 5.75 Å². The first-order valence-corrected chi connectivity index (χ1v) is 10.3. The van der Waals surface area contributed by atoms with Crippen molar-refractivity contribution in [2.45, 2.75) is 44.9 Å². The fourth-order valence-electron chi connectivity index (χ4n) is 3.14. The van der Waals surface area contributed by atoms with Crippen molar-refractivity contribution in [1.29, 1.82) is 0 Å². The Hall–Kier alpha value is -2.67. The Kier molecular flexibility index (Phi) is 5.43. The zero-order valence-electron chi connectivity index (χ0n) is 16.0. The second-order valence-corrected chi connectivity index (χ2v) is 8.32. The van der Waals surface area contributed by atoms with Crippen LogP contribution in [0.15, 0.2) is 34.9 Å². The maximum Gasteiger partial charge on any atom is 0.230 e. The smallest absolute Gasteiger partial charge is 0.230 e. The number of anilines is 1. The Morgan fingerprint density at radius 2 is 2.11 bits per heavy atom. The topological polar surface area (TPSA) is 77.2 Å². The van der Waals surface area contributed by atoms with Crippen molar-refractivity contribution in [3.05, 3.63) is 46.7 Å². The molecule has 1 aliphatic rings. The molecule has 1 saturated carbocycles. The Labute approximate surface area is 167 Å². The molecule has 0 unspecified atom stereocenters. The van der Waals surface area contributed by atoms with Crippen LogP contribution >= 0.6 is 11.3 Å². The van der Waals surface area contributed by atoms with Crippen molar-refractivity contribution in [3.63, 3.8) is 0 Å². The van der Waals surface area contributed by atoms with E-state index in [1.807, 2.05) is 37.3 Å². The number of nitrogens with zero attached hydrogens (tertiary/aromatic N) is 2. The molecule has 2 aromatic heterocycles. The summed E-state index contributed by atoms with van der Waals surface area (Å²) in [5.74, 6) is 2.56. The molecule has 146 valence electrons. The second kappa shape index (κ2) is 8.14. The number of aromatic nitrogens is 2. The molecule has 3 aromatic rings. The van der Waals surface area contributed by atoms with E-state index in [1.165, 1.54) is 6.42 Å². The van der Waals surface area contributed by atoms with E-state index in [9.17, 15) is 4.79 Å². The number of carbonyl (C=O) groups excluding carboxylic acids is 1. The van der Waals surface area contributed by atoms with Gasteiger partial charge in [-0.25, -0.2) is 0 Å². The van der Waals surface area contributed by atoms with Gasteiger partial charge in [0.25, 0.3) is 0 Å². The maximum atomic E-state index is 12.4. The summed E-state index contributed by atoms with van der Waals surface area (Å²) < 4.78 is 10.6. The van der Waals surface area contributed by atoms with Crippen LogP contribution in [-0.4, -0.2) is 23.2 Å². The van der Waals surface area contributed by atoms with Gasteiger partial charge in [0.05, 0.1) is 17.7 Å². The van der Waals surface area contributed by atoms with Crippen LogP contribution < -0.4 is 10.1 Å². The van der Waals surface area contributed by atoms with Crippen molar-refractivity contribution >= 4 is 22.9 Å². The number of hydrogen-bond acceptors (Lipinski definition) is 6. The minimum atomic E-state index is -0.00784. The summed E-state index contributed by atoms with van der Waals surface area (Å²) in [4.78, 5) is 18.8. The first-order valence-electron chi connectivity index (χ1n) is 9.49. The van der Waals surface area contributed by atoms with Crippen LogP contribution in [0.25, 0.3) is 10.7 Å². The average Bonchev–Trinajstić information content (AvgIpc) is 3.26. The summed E-state index contributed by atoms with van der Waals surface area (Å²) in [6.07, 6.45) is 4.58. The lowest BCUT2D eigenvalue weighted by Gasteiger charge is -2.20. The molecule has 0 saturated heterocycles. The number of hydrogen-bond donors (Lipinski definition) is 1. The molecule has 2 heterocycles. The lowest BCUT2D eigenvalue weighted by atomic mass is 9.85. The summed E-state index contributed by atoms with van der Waals surface area (Å²) >= 11 is 1.57. The van der Waals surface area contributed by atoms with Gasteiger partial charge in [-0.3, -0.25) is 4.79 Å². The average molecular weight is 398 g/mol. The molecule has 0 spiro atoms. The molecule has 1 N–H and O–H groups in total. The third-order valence-corrected chi connectivity index (χ3v) is 6.15. The first kappa shape index (κ1) is 18.7. The molecule has 1 amide bonds. The van der Waals surface area contributed by atoms with Crippen LogP contribution in [0, 0.1) is 6.92 Å². The predicted octanol–water partition coefficient (Wildman–Crippen LogP) is 4.95. The van der Waals surface area contributed by atoms with Crippen LogP contribution in [0.2, 0.25) is 0 Å². The van der Waals surface area contributed by atoms with Crippen molar-refractivity contribution in [2.75, 3.05) is 12.4 Å². The summed E-state index contributed by atoms with van der Waals surface area (Å²) in [6.45, 7) is 1.99. The van der Waals surface area contributed by atoms with Crippen molar-refractivity contribution in [2.24, 2.45) is 0 Å². The summed E-state index contributed by atoms with van der Waals surface area (Å²) in [5, 5.41) is 7.12. The fourth-order valence-corrected chi connectivity index (χ4v) is 4.04. The fraction of sp³-hybridized carbons (Fsp3) is 0.381. The summed E-state index contributed by atoms with van der Waals surface area (Å²) in [7, 11) is 1.64. The van der Waals surface area contributed by atoms with E-state index in [2.05, 4.69) is 15.5 Å². The number of thiophene rings is 1. The minimum absolute atomic E-state index is 0.00784. The molecule has 1 aliphatic carbocycles. The molecular formula is C21H23N3O3S. The number of amides is 1. The summed E-state index contributed by atoms with van der Waals surface area (Å²) in [6, 6.07) is 9.71. The van der Waals surface area contributed by atoms with E-state index in [0.717, 1.165) is 45.5 Å². The molecule has 1 fully saturated rings. The van der Waals surface area contributed by atoms with E-state index in [4.69, 9.17) is 9.26 Å². The number of aryl methyl sites for hydroxylation is 2. The number of carbonyl (C=O) groups is 1. The van der Waals surface area contributed by atoms with E-state index in [1.54, 1.807) is 18.4 Å². The van der Waals surface area contributed by atoms with Gasteiger partial charge in [-0.2, -0.15) is 4.98 Å². The van der Waals surface area contributed by atoms with Crippen LogP contribution in [0.5, 0.6) is 5.75 Å². The lowest BCUT2D eigenvalue weighted by Crippen LogP contribution is -2.12. The summed E-state index contributed by atoms with van der Waals surface area (Å²) in [5.41, 5.74) is 1.92. The van der Waals surface area contributed by atoms with Crippen molar-refractivity contribution in [1.82, 2.24) is 10.1 Å². The second-order valence-electron chi connectivity index (χ2n) is 7.06. The Morgan fingerprint density at radius 1 is 1.32 bits per heavy atom. The van der Waals surface area contributed by atoms with Crippen molar-refractivity contribution in [3.8, 4) is 16.5 Å². The monoisotopic (exact) mass is 397 g/mol. The molecule has 7 heteroatoms. The molecule has 4 rings (SSSR count). The Bertz CT molecular complexity index is 958. The molecule has 28 heavy (non-hydrogen) atoms. The minimum Gasteiger partial charge on any atom is -0.497 e. The zero-order chi connectivity index (χ0) is 19.5. The molecule has 0 bridgehead atoms. The predicted molar refractivity (Wildman–Crippen MR) is 109 cm³/mol. The van der Waals surface area contributed by atoms with Gasteiger partial charge in [-0.15, -0.1) is 11.3 Å². The molecule has 6 nitrogen and oxygen atoms in total. The SMILES string of the molecule is COc1ccc(CCC(=O)Nc2cc(-c3noc(C4CCC4)n3)sc2C)cc1. The standard InChI is InChI=1S/C21H23N3O3S/c1-13-17(22-19(25)11-8-14-6-9-16(26-2)10-7-14)12-18(28-13)20-23-21(27-24-20)15-4-3-5-15/h6-7,9-10,12,15H,3-5,8,11H2,1-2H3,(H,22,25). The maximum absolute atomic E-state index is 12.4. The van der Waals surface area contributed by atoms with Gasteiger partial charge in [0.2, 0.25) is 17.6 Å². The van der Waals surface area contributed by atoms with Gasteiger partial charge in [-0.1, -0.05) is 23.7 Å². The van der Waals surface area contributed by atoms with E-state index in [-0.39, 0.29) is 5.91 Å². The lowest BCUT2D eigenvalue weighted by molar-refractivity contribution is -0.116. The highest BCUT2D eigenvalue weighted by Crippen LogP contribution is 2.38. The number of nitrogens with one attached hydrogen (secondary N) is 1. The quantitative estimate of drug-likeness (QED) is 0.610. The number of rotatable bonds is 7. The highest BCUT2D eigenvalue weighted by Gasteiger charge is 2.26. The highest BCUT2D eigenvalue weighted by atomic mass is 32.1. The van der Waals surface area contributed by atoms with Crippen molar-refractivity contribution < 1.29 is 14.1 Å². The van der Waals surface area contributed by atoms with Crippen LogP contribution in [-0.2, 0) is 11.2 Å². The van der Waals surface area contributed by atoms with Crippen LogP contribution in [0.4, 0.5) is 5.69 Å². The van der Waals surface area contributed by atoms with Gasteiger partial charge in [-0.05, 0) is 49.9 Å². The number of benzene rings is 1. The molecule has 0 aliphatic heterocycles. The number of methoxy groups -OCH3 is 1. The van der Waals surface area contributed by atoms with Gasteiger partial charge < -0.3 is 14.6 Å². The largest absolute Gasteiger partial charge is 0.497 e. The van der Waals surface area contributed by atoms with E-state index in [0.29, 0.717) is 24.6 Å². The molecular weight excluding hydrogens is 374 g/mol. The molecule has 0 atom stereocenters. The third-order valence-electron chi connectivity index (χ3n) is 5.11. The highest BCUT2D eigenvalue weighted by molar-refractivity contribution is 7.16. The molecule has 0 radical (unpaired) electrons. The van der Waals surface area contributed by atoms with E-state index < -0.39 is 0 Å². The van der Waals surface area contributed by atoms with Crippen LogP contribution in [0.1, 0.15) is 47.9 Å². The Morgan fingerprint density at radius 3 is 2.79 bits per heavy atom. The Balaban J connectivity index is 1.36. The molecule has 1 aromatic carbocycles. The normalized spacial score (nSPS) is 13.9. The van der Waals surface area contributed by atoms with Crippen LogP contribution in [0.3, 0.4) is 0 Å². The van der Waals surface area contributed by atoms with E-state index >= 15 is 0 Å². The zero-order valence-corrected chi connectivity index (χ0v) is 16.8. The van der Waals surface area contributed by atoms with Gasteiger partial charge in [0.15, 0.2) is 0 Å². The van der Waals surface area contributed by atoms with Gasteiger partial charge in [0, 0.05) is 17.2 Å². The number of ether oxygens (including phenoxy) is 1. The third kappa shape index (κ3) is 4.09.